The summed E-state index contributed by atoms with van der Waals surface area (Å²) in [5.74, 6) is 1.07. The lowest BCUT2D eigenvalue weighted by molar-refractivity contribution is -0.254. The Bertz CT molecular complexity index is 463. The third kappa shape index (κ3) is 2.37. The summed E-state index contributed by atoms with van der Waals surface area (Å²) in [7, 11) is 0. The first-order valence-electron chi connectivity index (χ1n) is 7.42. The van der Waals surface area contributed by atoms with Crippen molar-refractivity contribution >= 4 is 5.97 Å². The maximum Gasteiger partial charge on any atom is 0.306 e. The third-order valence-corrected chi connectivity index (χ3v) is 4.64. The summed E-state index contributed by atoms with van der Waals surface area (Å²) in [6, 6.07) is 3.71. The molecule has 110 valence electrons. The lowest BCUT2D eigenvalue weighted by Crippen LogP contribution is -2.65. The Hall–Kier alpha value is -1.29. The van der Waals surface area contributed by atoms with Gasteiger partial charge in [-0.15, -0.1) is 0 Å². The fourth-order valence-electron chi connectivity index (χ4n) is 3.60. The van der Waals surface area contributed by atoms with Crippen molar-refractivity contribution in [1.29, 1.82) is 0 Å². The summed E-state index contributed by atoms with van der Waals surface area (Å²) in [6.45, 7) is 5.09. The second-order valence-corrected chi connectivity index (χ2v) is 6.41. The van der Waals surface area contributed by atoms with Gasteiger partial charge in [-0.1, -0.05) is 13.8 Å². The van der Waals surface area contributed by atoms with Crippen LogP contribution in [0.5, 0.6) is 0 Å². The molecular formula is C16H22O4. The topological polar surface area (TPSA) is 48.7 Å². The minimum Gasteiger partial charge on any atom is -0.469 e. The minimum atomic E-state index is -0.136. The Balaban J connectivity index is 1.53. The predicted octanol–water partition coefficient (Wildman–Crippen LogP) is 2.96. The lowest BCUT2D eigenvalue weighted by Gasteiger charge is -2.58. The van der Waals surface area contributed by atoms with Crippen LogP contribution in [0.15, 0.2) is 22.8 Å². The van der Waals surface area contributed by atoms with Crippen LogP contribution in [0.2, 0.25) is 0 Å². The molecule has 0 amide bonds. The second kappa shape index (κ2) is 5.24. The molecule has 1 saturated heterocycles. The molecular weight excluding hydrogens is 256 g/mol. The maximum absolute atomic E-state index is 12.0. The van der Waals surface area contributed by atoms with E-state index in [2.05, 4.69) is 13.8 Å². The van der Waals surface area contributed by atoms with Gasteiger partial charge in [0.05, 0.1) is 18.8 Å². The highest BCUT2D eigenvalue weighted by Crippen LogP contribution is 2.52. The van der Waals surface area contributed by atoms with E-state index in [9.17, 15) is 4.79 Å². The summed E-state index contributed by atoms with van der Waals surface area (Å²) in [5, 5.41) is 0. The van der Waals surface area contributed by atoms with Crippen LogP contribution >= 0.6 is 0 Å². The molecule has 0 radical (unpaired) electrons. The number of rotatable bonds is 4. The Morgan fingerprint density at radius 3 is 3.10 bits per heavy atom. The van der Waals surface area contributed by atoms with Crippen molar-refractivity contribution in [3.05, 3.63) is 24.2 Å². The van der Waals surface area contributed by atoms with Crippen LogP contribution in [0.4, 0.5) is 0 Å². The molecule has 2 heterocycles. The first-order valence-corrected chi connectivity index (χ1v) is 7.42. The largest absolute Gasteiger partial charge is 0.469 e. The summed E-state index contributed by atoms with van der Waals surface area (Å²) in [4.78, 5) is 12.0. The van der Waals surface area contributed by atoms with E-state index in [1.165, 1.54) is 0 Å². The van der Waals surface area contributed by atoms with E-state index in [0.717, 1.165) is 25.2 Å². The number of fused-ring (bicyclic) bond motifs is 1. The third-order valence-electron chi connectivity index (χ3n) is 4.64. The quantitative estimate of drug-likeness (QED) is 0.794. The van der Waals surface area contributed by atoms with Gasteiger partial charge < -0.3 is 13.9 Å². The van der Waals surface area contributed by atoms with Crippen LogP contribution in [0.1, 0.15) is 38.9 Å². The zero-order valence-electron chi connectivity index (χ0n) is 12.1. The summed E-state index contributed by atoms with van der Waals surface area (Å²) >= 11 is 0. The SMILES string of the molecule is CC1(C)[C@@H]2OCCC[C@@H]2[C@@H]1OC(=O)CCc1ccco1. The number of hydrogen-bond donors (Lipinski definition) is 0. The van der Waals surface area contributed by atoms with E-state index in [1.54, 1.807) is 6.26 Å². The highest BCUT2D eigenvalue weighted by molar-refractivity contribution is 5.70. The van der Waals surface area contributed by atoms with Gasteiger partial charge >= 0.3 is 5.97 Å². The molecule has 0 bridgehead atoms. The van der Waals surface area contributed by atoms with Gasteiger partial charge in [-0.25, -0.2) is 0 Å². The minimum absolute atomic E-state index is 0.00287. The molecule has 2 fully saturated rings. The van der Waals surface area contributed by atoms with Gasteiger partial charge in [-0.2, -0.15) is 0 Å². The van der Waals surface area contributed by atoms with Gasteiger partial charge in [0.1, 0.15) is 11.9 Å². The van der Waals surface area contributed by atoms with Crippen LogP contribution in [-0.2, 0) is 20.7 Å². The van der Waals surface area contributed by atoms with Gasteiger partial charge in [-0.3, -0.25) is 4.79 Å². The van der Waals surface area contributed by atoms with E-state index >= 15 is 0 Å². The van der Waals surface area contributed by atoms with Crippen LogP contribution in [0.3, 0.4) is 0 Å². The Labute approximate surface area is 119 Å². The molecule has 1 aliphatic carbocycles. The van der Waals surface area contributed by atoms with E-state index in [4.69, 9.17) is 13.9 Å². The Morgan fingerprint density at radius 1 is 1.50 bits per heavy atom. The molecule has 0 spiro atoms. The Morgan fingerprint density at radius 2 is 2.35 bits per heavy atom. The molecule has 0 N–H and O–H groups in total. The van der Waals surface area contributed by atoms with Crippen LogP contribution in [0.25, 0.3) is 0 Å². The molecule has 1 saturated carbocycles. The Kier molecular flexibility index (Phi) is 3.59. The molecule has 0 aromatic carbocycles. The van der Waals surface area contributed by atoms with E-state index in [0.29, 0.717) is 18.8 Å². The smallest absolute Gasteiger partial charge is 0.306 e. The van der Waals surface area contributed by atoms with E-state index in [-0.39, 0.29) is 23.6 Å². The molecule has 20 heavy (non-hydrogen) atoms. The second-order valence-electron chi connectivity index (χ2n) is 6.41. The normalized spacial score (nSPS) is 31.2. The molecule has 4 nitrogen and oxygen atoms in total. The molecule has 1 aliphatic heterocycles. The number of carbonyl (C=O) groups excluding carboxylic acids is 1. The maximum atomic E-state index is 12.0. The summed E-state index contributed by atoms with van der Waals surface area (Å²) < 4.78 is 16.8. The van der Waals surface area contributed by atoms with Crippen molar-refractivity contribution in [2.24, 2.45) is 11.3 Å². The van der Waals surface area contributed by atoms with Crippen molar-refractivity contribution < 1.29 is 18.7 Å². The zero-order chi connectivity index (χ0) is 14.2. The highest BCUT2D eigenvalue weighted by Gasteiger charge is 2.60. The van der Waals surface area contributed by atoms with Crippen LogP contribution in [0, 0.1) is 11.3 Å². The number of hydrogen-bond acceptors (Lipinski definition) is 4. The standard InChI is InChI=1S/C16H22O4/c1-16(2)14-12(6-4-10-19-14)15(16)20-13(17)8-7-11-5-3-9-18-11/h3,5,9,12,14-15H,4,6-8,10H2,1-2H3/t12-,14+,15-/m0/s1. The van der Waals surface area contributed by atoms with Crippen molar-refractivity contribution in [2.45, 2.75) is 51.7 Å². The van der Waals surface area contributed by atoms with Gasteiger partial charge in [0, 0.05) is 24.4 Å². The highest BCUT2D eigenvalue weighted by atomic mass is 16.6. The van der Waals surface area contributed by atoms with Crippen molar-refractivity contribution in [3.8, 4) is 0 Å². The number of ether oxygens (including phenoxy) is 2. The first-order chi connectivity index (χ1) is 9.59. The number of carbonyl (C=O) groups is 1. The lowest BCUT2D eigenvalue weighted by atomic mass is 9.57. The molecule has 3 atom stereocenters. The van der Waals surface area contributed by atoms with Gasteiger partial charge in [0.25, 0.3) is 0 Å². The summed E-state index contributed by atoms with van der Waals surface area (Å²) in [5.41, 5.74) is -0.0641. The predicted molar refractivity (Wildman–Crippen MR) is 73.2 cm³/mol. The molecule has 4 heteroatoms. The van der Waals surface area contributed by atoms with Gasteiger partial charge in [0.15, 0.2) is 0 Å². The van der Waals surface area contributed by atoms with E-state index in [1.807, 2.05) is 12.1 Å². The molecule has 0 unspecified atom stereocenters. The fourth-order valence-corrected chi connectivity index (χ4v) is 3.60. The molecule has 3 rings (SSSR count). The van der Waals surface area contributed by atoms with Crippen molar-refractivity contribution in [1.82, 2.24) is 0 Å². The number of aryl methyl sites for hydroxylation is 1. The average molecular weight is 278 g/mol. The number of furan rings is 1. The number of esters is 1. The molecule has 1 aromatic rings. The first kappa shape index (κ1) is 13.7. The van der Waals surface area contributed by atoms with Gasteiger partial charge in [0.2, 0.25) is 0 Å². The van der Waals surface area contributed by atoms with Crippen LogP contribution in [-0.4, -0.2) is 24.8 Å². The summed E-state index contributed by atoms with van der Waals surface area (Å²) in [6.07, 6.45) is 5.01. The molecule has 2 aliphatic rings. The average Bonchev–Trinajstić information content (AvgIpc) is 2.96. The van der Waals surface area contributed by atoms with Crippen molar-refractivity contribution in [2.75, 3.05) is 6.61 Å². The fraction of sp³-hybridized carbons (Fsp3) is 0.688. The van der Waals surface area contributed by atoms with Crippen molar-refractivity contribution in [3.63, 3.8) is 0 Å². The monoisotopic (exact) mass is 278 g/mol. The van der Waals surface area contributed by atoms with Crippen LogP contribution < -0.4 is 0 Å². The van der Waals surface area contributed by atoms with E-state index < -0.39 is 0 Å². The molecule has 1 aromatic heterocycles. The zero-order valence-corrected chi connectivity index (χ0v) is 12.1. The van der Waals surface area contributed by atoms with Gasteiger partial charge in [-0.05, 0) is 25.0 Å².